The van der Waals surface area contributed by atoms with E-state index in [2.05, 4.69) is 83.8 Å². The Kier molecular flexibility index (Phi) is 24.5. The third kappa shape index (κ3) is 19.2. The van der Waals surface area contributed by atoms with Gasteiger partial charge in [0.05, 0.1) is 42.6 Å². The molecule has 9 aromatic rings. The molecule has 10 N–H and O–H groups in total. The van der Waals surface area contributed by atoms with Crippen LogP contribution in [0.25, 0.3) is 21.5 Å². The molecule has 112 heavy (non-hydrogen) atoms. The van der Waals surface area contributed by atoms with Gasteiger partial charge in [-0.1, -0.05) is 161 Å². The summed E-state index contributed by atoms with van der Waals surface area (Å²) in [6.45, 7) is 13.9. The number of carbonyl (C=O) groups is 9. The van der Waals surface area contributed by atoms with Gasteiger partial charge in [0.25, 0.3) is 0 Å². The highest BCUT2D eigenvalue weighted by molar-refractivity contribution is 5.98. The predicted octanol–water partition coefficient (Wildman–Crippen LogP) is 4.09. The van der Waals surface area contributed by atoms with Crippen LogP contribution in [-0.4, -0.2) is 200 Å². The molecule has 2 fully saturated rings. The number of nitrogens with one attached hydrogen (secondary N) is 9. The third-order valence-corrected chi connectivity index (χ3v) is 20.9. The SMILES string of the molecule is CNC(C)C(=O)NC(C(=O)N1CC2CC1C(=O)NC(Cc1ccc3ccccc3c1)C(=O)NC(C(=O)O)Cc1ccc(cc1)OCc1cn(nn1)C1CC(C(=O)NC(Cc3ccc4ccccc4c3)C(=O)NC(c3nnn[nH]3)Cc3ccc(cc3)OCc3cn2nn3)N(C(=O)C(NC(=O)C(C)NC)C(C)(C)C)C1)C(C)(C)C. The molecule has 2 saturated heterocycles. The Morgan fingerprint density at radius 3 is 1.38 bits per heavy atom. The van der Waals surface area contributed by atoms with Gasteiger partial charge < -0.3 is 66.9 Å². The molecule has 8 amide bonds. The van der Waals surface area contributed by atoms with Gasteiger partial charge in [0.15, 0.2) is 5.82 Å². The van der Waals surface area contributed by atoms with Crippen molar-refractivity contribution >= 4 is 74.8 Å². The summed E-state index contributed by atoms with van der Waals surface area (Å²) in [7, 11) is 3.25. The number of aromatic amines is 1. The first-order chi connectivity index (χ1) is 53.5. The summed E-state index contributed by atoms with van der Waals surface area (Å²) in [4.78, 5) is 135. The maximum atomic E-state index is 15.5. The number of aromatic nitrogens is 10. The smallest absolute Gasteiger partial charge is 0.326 e. The topological polar surface area (TPSA) is 411 Å². The Morgan fingerprint density at radius 2 is 0.964 bits per heavy atom. The zero-order valence-corrected chi connectivity index (χ0v) is 64.2. The number of benzene rings is 6. The summed E-state index contributed by atoms with van der Waals surface area (Å²) in [6, 6.07) is 27.9. The minimum Gasteiger partial charge on any atom is -0.487 e. The number of H-pyrrole nitrogens is 1. The van der Waals surface area contributed by atoms with Crippen molar-refractivity contribution in [1.82, 2.24) is 103 Å². The number of fused-ring (bicyclic) bond motifs is 2. The van der Waals surface area contributed by atoms with Crippen molar-refractivity contribution in [2.75, 3.05) is 27.2 Å². The summed E-state index contributed by atoms with van der Waals surface area (Å²) in [5, 5.41) is 70.5. The minimum atomic E-state index is -1.51. The van der Waals surface area contributed by atoms with Crippen molar-refractivity contribution in [3.8, 4) is 11.5 Å². The van der Waals surface area contributed by atoms with Crippen molar-refractivity contribution < 1.29 is 57.7 Å². The Balaban J connectivity index is 0.876. The summed E-state index contributed by atoms with van der Waals surface area (Å²) in [5.41, 5.74) is 1.61. The van der Waals surface area contributed by atoms with E-state index in [0.29, 0.717) is 34.0 Å². The zero-order valence-electron chi connectivity index (χ0n) is 64.2. The second-order valence-electron chi connectivity index (χ2n) is 31.2. The molecule has 588 valence electrons. The van der Waals surface area contributed by atoms with Gasteiger partial charge in [0.1, 0.15) is 78.4 Å². The van der Waals surface area contributed by atoms with Gasteiger partial charge in [-0.15, -0.1) is 15.3 Å². The molecule has 6 aromatic carbocycles. The van der Waals surface area contributed by atoms with E-state index < -0.39 is 137 Å². The van der Waals surface area contributed by atoms with Gasteiger partial charge in [0, 0.05) is 51.6 Å². The first kappa shape index (κ1) is 79.5. The lowest BCUT2D eigenvalue weighted by molar-refractivity contribution is -0.145. The number of carboxylic acid groups (broad SMARTS) is 1. The Bertz CT molecular complexity index is 4880. The first-order valence-corrected chi connectivity index (χ1v) is 37.5. The van der Waals surface area contributed by atoms with E-state index >= 15 is 24.0 Å². The Hall–Kier alpha value is -12.1. The number of carbonyl (C=O) groups excluding carboxylic acids is 8. The van der Waals surface area contributed by atoms with Gasteiger partial charge in [-0.2, -0.15) is 0 Å². The molecule has 6 aliphatic heterocycles. The molecule has 32 nitrogen and oxygen atoms in total. The number of carboxylic acids is 1. The fraction of sp³-hybridized carbons (Fsp3) is 0.425. The molecule has 0 aliphatic carbocycles. The third-order valence-electron chi connectivity index (χ3n) is 20.9. The van der Waals surface area contributed by atoms with Crippen LogP contribution >= 0.6 is 0 Å². The standard InChI is InChI=1S/C80H96N20O12/c1-45(81-9)70(101)87-67(79(3,4)5)76(107)97-41-57-37-65(97)74(105)84-62(35-49-19-25-51-15-11-13-17-53(51)31-49)72(103)83-61(69-91-93-94-92-69)33-47-21-27-59(28-22-47)111-43-55-39-100(95-89-55)58-38-66(98(42-58)77(108)68(80(6,7)8)88-71(102)46(2)82-10)75(106)85-63(36-50-20-26-52-16-12-14-18-54(52)32-50)73(104)86-64(78(109)110)34-48-23-29-60(30-24-48)112-44-56-40-99(57)96-90-56/h11-32,39-40,45-46,57-58,61-68,81-82H,33-38,41-44H2,1-10H3,(H,83,103)(H,84,105)(H,85,106)(H,86,104)(H,87,101)(H,88,102)(H,109,110)(H,91,92,93,94). The van der Waals surface area contributed by atoms with Crippen LogP contribution in [0, 0.1) is 10.8 Å². The predicted molar refractivity (Wildman–Crippen MR) is 411 cm³/mol. The summed E-state index contributed by atoms with van der Waals surface area (Å²) < 4.78 is 15.6. The van der Waals surface area contributed by atoms with E-state index in [1.54, 1.807) is 119 Å². The molecule has 15 rings (SSSR count). The van der Waals surface area contributed by atoms with Crippen molar-refractivity contribution in [3.05, 3.63) is 185 Å². The summed E-state index contributed by atoms with van der Waals surface area (Å²) in [6.07, 6.45) is 3.15. The molecule has 0 spiro atoms. The normalized spacial score (nSPS) is 21.5. The first-order valence-electron chi connectivity index (χ1n) is 37.5. The maximum Gasteiger partial charge on any atom is 0.326 e. The molecule has 3 aromatic heterocycles. The molecule has 12 atom stereocenters. The molecule has 12 unspecified atom stereocenters. The lowest BCUT2D eigenvalue weighted by Crippen LogP contribution is -2.60. The second-order valence-corrected chi connectivity index (χ2v) is 31.2. The molecule has 32 heteroatoms. The molecular weight excluding hydrogens is 1430 g/mol. The largest absolute Gasteiger partial charge is 0.487 e. The van der Waals surface area contributed by atoms with Crippen LogP contribution in [0.3, 0.4) is 0 Å². The van der Waals surface area contributed by atoms with Crippen LogP contribution in [-0.2, 0) is 82.0 Å². The lowest BCUT2D eigenvalue weighted by Gasteiger charge is -2.36. The Labute approximate surface area is 647 Å². The fourth-order valence-electron chi connectivity index (χ4n) is 14.2. The number of likely N-dealkylation sites (tertiary alicyclic amines) is 2. The average Bonchev–Trinajstić information content (AvgIpc) is 1.64. The van der Waals surface area contributed by atoms with E-state index in [1.807, 2.05) is 106 Å². The van der Waals surface area contributed by atoms with E-state index in [9.17, 15) is 24.3 Å². The van der Waals surface area contributed by atoms with Gasteiger partial charge in [0.2, 0.25) is 47.3 Å². The maximum absolute atomic E-state index is 15.5. The summed E-state index contributed by atoms with van der Waals surface area (Å²) >= 11 is 0. The zero-order chi connectivity index (χ0) is 79.7. The minimum absolute atomic E-state index is 0.00674. The number of tetrazole rings is 1. The monoisotopic (exact) mass is 1530 g/mol. The van der Waals surface area contributed by atoms with Crippen LogP contribution in [0.15, 0.2) is 146 Å². The van der Waals surface area contributed by atoms with Gasteiger partial charge in [-0.25, -0.2) is 19.3 Å². The van der Waals surface area contributed by atoms with Crippen LogP contribution in [0.4, 0.5) is 0 Å². The quantitative estimate of drug-likeness (QED) is 0.0733. The molecule has 0 saturated carbocycles. The molecular formula is C80H96N20O12. The van der Waals surface area contributed by atoms with Crippen LogP contribution in [0.2, 0.25) is 0 Å². The van der Waals surface area contributed by atoms with Crippen molar-refractivity contribution in [2.24, 2.45) is 10.8 Å². The highest BCUT2D eigenvalue weighted by Gasteiger charge is 2.49. The number of aliphatic carboxylic acids is 1. The van der Waals surface area contributed by atoms with E-state index in [0.717, 1.165) is 32.7 Å². The second kappa shape index (κ2) is 34.5. The molecule has 12 bridgehead atoms. The lowest BCUT2D eigenvalue weighted by atomic mass is 9.85. The number of ether oxygens (including phenoxy) is 2. The number of hydrogen-bond acceptors (Lipinski definition) is 20. The summed E-state index contributed by atoms with van der Waals surface area (Å²) in [5.74, 6) is -5.10. The van der Waals surface area contributed by atoms with E-state index in [-0.39, 0.29) is 70.7 Å². The van der Waals surface area contributed by atoms with E-state index in [1.165, 1.54) is 9.80 Å². The van der Waals surface area contributed by atoms with Gasteiger partial charge >= 0.3 is 5.97 Å². The van der Waals surface area contributed by atoms with Crippen molar-refractivity contribution in [2.45, 2.75) is 180 Å². The average molecular weight is 1530 g/mol. The van der Waals surface area contributed by atoms with Gasteiger partial charge in [-0.3, -0.25) is 38.4 Å². The highest BCUT2D eigenvalue weighted by atomic mass is 16.5. The number of rotatable bonds is 14. The molecule has 0 radical (unpaired) electrons. The van der Waals surface area contributed by atoms with Crippen LogP contribution < -0.4 is 52.0 Å². The Morgan fingerprint density at radius 1 is 0.536 bits per heavy atom. The number of nitrogens with zero attached hydrogens (tertiary/aromatic N) is 11. The van der Waals surface area contributed by atoms with E-state index in [4.69, 9.17) is 9.47 Å². The van der Waals surface area contributed by atoms with Crippen LogP contribution in [0.5, 0.6) is 11.5 Å². The number of amides is 8. The van der Waals surface area contributed by atoms with Crippen LogP contribution in [0.1, 0.15) is 126 Å². The van der Waals surface area contributed by atoms with Gasteiger partial charge in [-0.05, 0) is 117 Å². The molecule has 9 heterocycles. The number of hydrogen-bond donors (Lipinski definition) is 10. The highest BCUT2D eigenvalue weighted by Crippen LogP contribution is 2.35. The van der Waals surface area contributed by atoms with Crippen molar-refractivity contribution in [3.63, 3.8) is 0 Å². The molecule has 6 aliphatic rings. The fourth-order valence-corrected chi connectivity index (χ4v) is 14.2. The van der Waals surface area contributed by atoms with Crippen molar-refractivity contribution in [1.29, 1.82) is 0 Å². The number of likely N-dealkylation sites (N-methyl/N-ethyl adjacent to an activating group) is 2.